The number of hydrogen-bond donors (Lipinski definition) is 1. The number of nitrogens with zero attached hydrogens (tertiary/aromatic N) is 2. The van der Waals surface area contributed by atoms with E-state index in [-0.39, 0.29) is 0 Å². The molecular formula is C15H15BrClN3O. The van der Waals surface area contributed by atoms with Gasteiger partial charge in [-0.3, -0.25) is 0 Å². The quantitative estimate of drug-likeness (QED) is 0.887. The minimum atomic E-state index is 0.449. The molecule has 1 aliphatic rings. The average molecular weight is 369 g/mol. The van der Waals surface area contributed by atoms with Crippen LogP contribution in [0, 0.1) is 13.8 Å². The van der Waals surface area contributed by atoms with Gasteiger partial charge >= 0.3 is 0 Å². The SMILES string of the molecule is Cc1c(Cl)nnc(NCc2cc(Br)cc3c2OCC3)c1C. The highest BCUT2D eigenvalue weighted by Gasteiger charge is 2.18. The van der Waals surface area contributed by atoms with E-state index in [1.54, 1.807) is 0 Å². The highest BCUT2D eigenvalue weighted by molar-refractivity contribution is 9.10. The number of hydrogen-bond acceptors (Lipinski definition) is 4. The van der Waals surface area contributed by atoms with Gasteiger partial charge in [0.2, 0.25) is 0 Å². The molecular weight excluding hydrogens is 354 g/mol. The van der Waals surface area contributed by atoms with E-state index in [9.17, 15) is 0 Å². The summed E-state index contributed by atoms with van der Waals surface area (Å²) in [6.07, 6.45) is 0.959. The van der Waals surface area contributed by atoms with Crippen molar-refractivity contribution in [2.24, 2.45) is 0 Å². The van der Waals surface area contributed by atoms with Gasteiger partial charge in [0.15, 0.2) is 11.0 Å². The Morgan fingerprint density at radius 2 is 2.10 bits per heavy atom. The average Bonchev–Trinajstić information content (AvgIpc) is 2.92. The summed E-state index contributed by atoms with van der Waals surface area (Å²) in [7, 11) is 0. The van der Waals surface area contributed by atoms with Crippen LogP contribution in [-0.4, -0.2) is 16.8 Å². The molecule has 1 aromatic carbocycles. The van der Waals surface area contributed by atoms with Crippen LogP contribution in [-0.2, 0) is 13.0 Å². The zero-order chi connectivity index (χ0) is 15.0. The van der Waals surface area contributed by atoms with Crippen LogP contribution < -0.4 is 10.1 Å². The van der Waals surface area contributed by atoms with Crippen LogP contribution in [0.2, 0.25) is 5.15 Å². The zero-order valence-electron chi connectivity index (χ0n) is 11.8. The predicted octanol–water partition coefficient (Wildman–Crippen LogP) is 4.06. The van der Waals surface area contributed by atoms with E-state index in [2.05, 4.69) is 43.6 Å². The van der Waals surface area contributed by atoms with Crippen molar-refractivity contribution in [3.8, 4) is 5.75 Å². The van der Waals surface area contributed by atoms with Crippen LogP contribution >= 0.6 is 27.5 Å². The van der Waals surface area contributed by atoms with E-state index >= 15 is 0 Å². The highest BCUT2D eigenvalue weighted by atomic mass is 79.9. The second-order valence-electron chi connectivity index (χ2n) is 5.09. The zero-order valence-corrected chi connectivity index (χ0v) is 14.2. The molecule has 2 heterocycles. The van der Waals surface area contributed by atoms with E-state index in [1.807, 2.05) is 13.8 Å². The Kier molecular flexibility index (Phi) is 4.04. The van der Waals surface area contributed by atoms with Gasteiger partial charge in [-0.1, -0.05) is 27.5 Å². The molecule has 0 amide bonds. The summed E-state index contributed by atoms with van der Waals surface area (Å²) in [4.78, 5) is 0. The number of halogens is 2. The van der Waals surface area contributed by atoms with Crippen molar-refractivity contribution in [1.29, 1.82) is 0 Å². The molecule has 0 fully saturated rings. The molecule has 110 valence electrons. The van der Waals surface area contributed by atoms with E-state index in [1.165, 1.54) is 5.56 Å². The second kappa shape index (κ2) is 5.81. The lowest BCUT2D eigenvalue weighted by atomic mass is 10.1. The van der Waals surface area contributed by atoms with Crippen LogP contribution in [0.25, 0.3) is 0 Å². The largest absolute Gasteiger partial charge is 0.493 e. The maximum absolute atomic E-state index is 5.97. The van der Waals surface area contributed by atoms with Gasteiger partial charge in [-0.05, 0) is 42.7 Å². The normalized spacial score (nSPS) is 13.0. The fourth-order valence-electron chi connectivity index (χ4n) is 2.40. The van der Waals surface area contributed by atoms with Gasteiger partial charge in [-0.25, -0.2) is 0 Å². The van der Waals surface area contributed by atoms with Crippen molar-refractivity contribution < 1.29 is 4.74 Å². The van der Waals surface area contributed by atoms with Gasteiger partial charge in [0.1, 0.15) is 5.75 Å². The lowest BCUT2D eigenvalue weighted by molar-refractivity contribution is 0.354. The molecule has 0 radical (unpaired) electrons. The van der Waals surface area contributed by atoms with E-state index in [0.717, 1.165) is 45.8 Å². The molecule has 4 nitrogen and oxygen atoms in total. The Morgan fingerprint density at radius 3 is 2.90 bits per heavy atom. The molecule has 1 aromatic heterocycles. The second-order valence-corrected chi connectivity index (χ2v) is 6.37. The molecule has 21 heavy (non-hydrogen) atoms. The van der Waals surface area contributed by atoms with Crippen LogP contribution in [0.4, 0.5) is 5.82 Å². The summed E-state index contributed by atoms with van der Waals surface area (Å²) < 4.78 is 6.80. The number of aromatic nitrogens is 2. The first-order chi connectivity index (χ1) is 10.1. The van der Waals surface area contributed by atoms with E-state index < -0.39 is 0 Å². The standard InChI is InChI=1S/C15H15BrClN3O/c1-8-9(2)15(20-19-14(8)17)18-7-11-6-12(16)5-10-3-4-21-13(10)11/h5-6H,3-4,7H2,1-2H3,(H,18,20). The highest BCUT2D eigenvalue weighted by Crippen LogP contribution is 2.33. The number of rotatable bonds is 3. The van der Waals surface area contributed by atoms with Crippen molar-refractivity contribution in [3.05, 3.63) is 44.0 Å². The van der Waals surface area contributed by atoms with Crippen molar-refractivity contribution in [2.75, 3.05) is 11.9 Å². The topological polar surface area (TPSA) is 47.0 Å². The summed E-state index contributed by atoms with van der Waals surface area (Å²) in [5.74, 6) is 1.74. The minimum Gasteiger partial charge on any atom is -0.493 e. The fraction of sp³-hybridized carbons (Fsp3) is 0.333. The van der Waals surface area contributed by atoms with E-state index in [0.29, 0.717) is 11.7 Å². The molecule has 0 bridgehead atoms. The van der Waals surface area contributed by atoms with Crippen molar-refractivity contribution >= 4 is 33.3 Å². The summed E-state index contributed by atoms with van der Waals surface area (Å²) in [5, 5.41) is 11.8. The molecule has 1 aliphatic heterocycles. The van der Waals surface area contributed by atoms with Crippen LogP contribution in [0.5, 0.6) is 5.75 Å². The molecule has 0 unspecified atom stereocenters. The maximum atomic E-state index is 5.97. The number of anilines is 1. The molecule has 0 spiro atoms. The lowest BCUT2D eigenvalue weighted by Crippen LogP contribution is -2.07. The summed E-state index contributed by atoms with van der Waals surface area (Å²) >= 11 is 9.52. The lowest BCUT2D eigenvalue weighted by Gasteiger charge is -2.13. The smallest absolute Gasteiger partial charge is 0.155 e. The minimum absolute atomic E-state index is 0.449. The molecule has 1 N–H and O–H groups in total. The summed E-state index contributed by atoms with van der Waals surface area (Å²) in [5.41, 5.74) is 4.33. The molecule has 0 aliphatic carbocycles. The van der Waals surface area contributed by atoms with Crippen LogP contribution in [0.15, 0.2) is 16.6 Å². The third-order valence-corrected chi connectivity index (χ3v) is 4.55. The third kappa shape index (κ3) is 2.85. The van der Waals surface area contributed by atoms with Gasteiger partial charge < -0.3 is 10.1 Å². The Balaban J connectivity index is 1.85. The van der Waals surface area contributed by atoms with Crippen molar-refractivity contribution in [3.63, 3.8) is 0 Å². The molecule has 0 saturated carbocycles. The molecule has 3 rings (SSSR count). The van der Waals surface area contributed by atoms with Crippen molar-refractivity contribution in [2.45, 2.75) is 26.8 Å². The van der Waals surface area contributed by atoms with Gasteiger partial charge in [-0.2, -0.15) is 0 Å². The first kappa shape index (κ1) is 14.6. The number of nitrogens with one attached hydrogen (secondary N) is 1. The van der Waals surface area contributed by atoms with Crippen molar-refractivity contribution in [1.82, 2.24) is 10.2 Å². The predicted molar refractivity (Wildman–Crippen MR) is 87.2 cm³/mol. The Morgan fingerprint density at radius 1 is 1.29 bits per heavy atom. The summed E-state index contributed by atoms with van der Waals surface area (Å²) in [6, 6.07) is 4.19. The Labute approximate surface area is 137 Å². The number of benzene rings is 1. The van der Waals surface area contributed by atoms with Gasteiger partial charge in [0, 0.05) is 23.0 Å². The first-order valence-corrected chi connectivity index (χ1v) is 7.90. The Bertz CT molecular complexity index is 706. The summed E-state index contributed by atoms with van der Waals surface area (Å²) in [6.45, 7) is 5.31. The number of ether oxygens (including phenoxy) is 1. The monoisotopic (exact) mass is 367 g/mol. The molecule has 6 heteroatoms. The number of fused-ring (bicyclic) bond motifs is 1. The first-order valence-electron chi connectivity index (χ1n) is 6.73. The fourth-order valence-corrected chi connectivity index (χ4v) is 3.13. The van der Waals surface area contributed by atoms with Crippen LogP contribution in [0.1, 0.15) is 22.3 Å². The van der Waals surface area contributed by atoms with Crippen LogP contribution in [0.3, 0.4) is 0 Å². The third-order valence-electron chi connectivity index (χ3n) is 3.74. The van der Waals surface area contributed by atoms with Gasteiger partial charge in [-0.15, -0.1) is 10.2 Å². The molecule has 2 aromatic rings. The van der Waals surface area contributed by atoms with Gasteiger partial charge in [0.25, 0.3) is 0 Å². The molecule has 0 atom stereocenters. The van der Waals surface area contributed by atoms with E-state index in [4.69, 9.17) is 16.3 Å². The molecule has 0 saturated heterocycles. The Hall–Kier alpha value is -1.33. The maximum Gasteiger partial charge on any atom is 0.155 e. The van der Waals surface area contributed by atoms with Gasteiger partial charge in [0.05, 0.1) is 6.61 Å².